The van der Waals surface area contributed by atoms with Crippen molar-refractivity contribution >= 4 is 28.4 Å². The number of anilines is 3. The first kappa shape index (κ1) is 18.8. The number of hydrogen-bond donors (Lipinski definition) is 2. The fraction of sp³-hybridized carbons (Fsp3) is 0.263. The number of nitrogens with one attached hydrogen (secondary N) is 1. The van der Waals surface area contributed by atoms with Crippen LogP contribution < -0.4 is 11.1 Å². The van der Waals surface area contributed by atoms with E-state index in [1.807, 2.05) is 30.7 Å². The molecule has 0 saturated heterocycles. The number of rotatable bonds is 6. The molecule has 0 amide bonds. The number of nitrogens with two attached hydrogens (primary N) is 1. The summed E-state index contributed by atoms with van der Waals surface area (Å²) in [5.74, 6) is 1.13. The first-order chi connectivity index (χ1) is 13.9. The Kier molecular flexibility index (Phi) is 4.83. The van der Waals surface area contributed by atoms with Gasteiger partial charge in [-0.1, -0.05) is 0 Å². The van der Waals surface area contributed by atoms with Crippen LogP contribution in [-0.4, -0.2) is 36.0 Å². The van der Waals surface area contributed by atoms with Crippen LogP contribution in [0.15, 0.2) is 42.9 Å². The standard InChI is InChI=1S/C19H20F2N8/c1-11(2)29-19-12(8-24-29)3-4-17(26-19)25-18-7-14(22)13(9-23-18)15-5-6-28(27-15)10-16(20)21/h3-9,11,16H,10H2,1-2H3,(H3,22,23,25,26). The maximum absolute atomic E-state index is 12.5. The number of aromatic nitrogens is 6. The van der Waals surface area contributed by atoms with E-state index in [0.29, 0.717) is 28.6 Å². The molecule has 3 N–H and O–H groups in total. The van der Waals surface area contributed by atoms with E-state index in [1.165, 1.54) is 10.9 Å². The van der Waals surface area contributed by atoms with Crippen molar-refractivity contribution in [1.82, 2.24) is 29.5 Å². The van der Waals surface area contributed by atoms with Crippen molar-refractivity contribution in [2.24, 2.45) is 0 Å². The van der Waals surface area contributed by atoms with Crippen LogP contribution in [0.4, 0.5) is 26.1 Å². The van der Waals surface area contributed by atoms with E-state index in [0.717, 1.165) is 11.0 Å². The Bertz CT molecular complexity index is 1150. The van der Waals surface area contributed by atoms with Gasteiger partial charge >= 0.3 is 0 Å². The quantitative estimate of drug-likeness (QED) is 0.512. The second-order valence-electron chi connectivity index (χ2n) is 6.89. The zero-order valence-corrected chi connectivity index (χ0v) is 15.9. The topological polar surface area (TPSA) is 99.5 Å². The lowest BCUT2D eigenvalue weighted by atomic mass is 10.2. The van der Waals surface area contributed by atoms with Gasteiger partial charge in [-0.25, -0.2) is 23.4 Å². The van der Waals surface area contributed by atoms with Gasteiger partial charge in [0, 0.05) is 41.1 Å². The summed E-state index contributed by atoms with van der Waals surface area (Å²) in [6.45, 7) is 3.61. The van der Waals surface area contributed by atoms with Crippen molar-refractivity contribution in [3.05, 3.63) is 42.9 Å². The molecule has 0 aliphatic rings. The lowest BCUT2D eigenvalue weighted by Gasteiger charge is -2.10. The van der Waals surface area contributed by atoms with Gasteiger partial charge in [-0.3, -0.25) is 4.68 Å². The molecule has 0 saturated carbocycles. The van der Waals surface area contributed by atoms with E-state index in [9.17, 15) is 8.78 Å². The maximum atomic E-state index is 12.5. The predicted octanol–water partition coefficient (Wildman–Crippen LogP) is 3.86. The number of nitrogen functional groups attached to an aromatic ring is 1. The fourth-order valence-corrected chi connectivity index (χ4v) is 3.00. The van der Waals surface area contributed by atoms with E-state index in [-0.39, 0.29) is 6.04 Å². The average molecular weight is 398 g/mol. The van der Waals surface area contributed by atoms with E-state index < -0.39 is 13.0 Å². The predicted molar refractivity (Wildman–Crippen MR) is 107 cm³/mol. The molecule has 10 heteroatoms. The van der Waals surface area contributed by atoms with Crippen LogP contribution in [0.1, 0.15) is 19.9 Å². The first-order valence-corrected chi connectivity index (χ1v) is 9.09. The molecule has 0 aliphatic carbocycles. The number of halogens is 2. The van der Waals surface area contributed by atoms with Gasteiger partial charge < -0.3 is 11.1 Å². The van der Waals surface area contributed by atoms with Gasteiger partial charge in [0.05, 0.1) is 11.9 Å². The Morgan fingerprint density at radius 2 is 1.97 bits per heavy atom. The Hall–Kier alpha value is -3.56. The van der Waals surface area contributed by atoms with E-state index in [2.05, 4.69) is 25.5 Å². The molecule has 0 fully saturated rings. The van der Waals surface area contributed by atoms with Crippen molar-refractivity contribution in [2.75, 3.05) is 11.1 Å². The molecule has 4 heterocycles. The minimum atomic E-state index is -2.47. The number of fused-ring (bicyclic) bond motifs is 1. The van der Waals surface area contributed by atoms with Crippen molar-refractivity contribution in [3.8, 4) is 11.3 Å². The first-order valence-electron chi connectivity index (χ1n) is 9.09. The monoisotopic (exact) mass is 398 g/mol. The molecule has 29 heavy (non-hydrogen) atoms. The van der Waals surface area contributed by atoms with Gasteiger partial charge in [0.1, 0.15) is 18.2 Å². The van der Waals surface area contributed by atoms with Crippen LogP contribution in [0.3, 0.4) is 0 Å². The van der Waals surface area contributed by atoms with Gasteiger partial charge in [-0.05, 0) is 32.0 Å². The summed E-state index contributed by atoms with van der Waals surface area (Å²) in [5.41, 5.74) is 8.41. The zero-order chi connectivity index (χ0) is 20.5. The Morgan fingerprint density at radius 1 is 1.14 bits per heavy atom. The molecule has 0 bridgehead atoms. The van der Waals surface area contributed by atoms with Crippen molar-refractivity contribution in [2.45, 2.75) is 32.9 Å². The third-order valence-electron chi connectivity index (χ3n) is 4.37. The van der Waals surface area contributed by atoms with Crippen molar-refractivity contribution in [1.29, 1.82) is 0 Å². The van der Waals surface area contributed by atoms with Gasteiger partial charge in [-0.2, -0.15) is 10.2 Å². The van der Waals surface area contributed by atoms with E-state index in [1.54, 1.807) is 24.5 Å². The highest BCUT2D eigenvalue weighted by Crippen LogP contribution is 2.27. The SMILES string of the molecule is CC(C)n1ncc2ccc(Nc3cc(N)c(-c4ccn(CC(F)F)n4)cn3)nc21. The highest BCUT2D eigenvalue weighted by Gasteiger charge is 2.12. The summed E-state index contributed by atoms with van der Waals surface area (Å²) >= 11 is 0. The fourth-order valence-electron chi connectivity index (χ4n) is 3.00. The van der Waals surface area contributed by atoms with Crippen LogP contribution in [0.5, 0.6) is 0 Å². The summed E-state index contributed by atoms with van der Waals surface area (Å²) in [6, 6.07) is 7.25. The number of alkyl halides is 2. The molecular formula is C19H20F2N8. The molecule has 4 aromatic heterocycles. The molecule has 0 aromatic carbocycles. The van der Waals surface area contributed by atoms with Gasteiger partial charge in [0.2, 0.25) is 0 Å². The van der Waals surface area contributed by atoms with Gasteiger partial charge in [-0.15, -0.1) is 0 Å². The second-order valence-corrected chi connectivity index (χ2v) is 6.89. The molecule has 4 aromatic rings. The van der Waals surface area contributed by atoms with Crippen LogP contribution in [0, 0.1) is 0 Å². The Labute approximate surface area is 165 Å². The minimum absolute atomic E-state index is 0.188. The summed E-state index contributed by atoms with van der Waals surface area (Å²) < 4.78 is 28.0. The van der Waals surface area contributed by atoms with Crippen LogP contribution in [0.25, 0.3) is 22.3 Å². The van der Waals surface area contributed by atoms with Crippen LogP contribution in [0.2, 0.25) is 0 Å². The lowest BCUT2D eigenvalue weighted by Crippen LogP contribution is -2.07. The van der Waals surface area contributed by atoms with Crippen molar-refractivity contribution < 1.29 is 8.78 Å². The molecule has 0 atom stereocenters. The summed E-state index contributed by atoms with van der Waals surface area (Å²) in [7, 11) is 0. The highest BCUT2D eigenvalue weighted by molar-refractivity contribution is 5.78. The molecule has 0 spiro atoms. The summed E-state index contributed by atoms with van der Waals surface area (Å²) in [6.07, 6.45) is 2.36. The molecule has 150 valence electrons. The third-order valence-corrected chi connectivity index (χ3v) is 4.37. The number of pyridine rings is 2. The third kappa shape index (κ3) is 3.86. The smallest absolute Gasteiger partial charge is 0.257 e. The largest absolute Gasteiger partial charge is 0.398 e. The summed E-state index contributed by atoms with van der Waals surface area (Å²) in [5, 5.41) is 12.6. The Morgan fingerprint density at radius 3 is 2.69 bits per heavy atom. The number of nitrogens with zero attached hydrogens (tertiary/aromatic N) is 6. The van der Waals surface area contributed by atoms with Gasteiger partial charge in [0.25, 0.3) is 6.43 Å². The van der Waals surface area contributed by atoms with Crippen LogP contribution >= 0.6 is 0 Å². The highest BCUT2D eigenvalue weighted by atomic mass is 19.3. The molecular weight excluding hydrogens is 378 g/mol. The average Bonchev–Trinajstić information content (AvgIpc) is 3.28. The van der Waals surface area contributed by atoms with Crippen LogP contribution in [-0.2, 0) is 6.54 Å². The molecule has 8 nitrogen and oxygen atoms in total. The van der Waals surface area contributed by atoms with Gasteiger partial charge in [0.15, 0.2) is 5.65 Å². The molecule has 0 radical (unpaired) electrons. The van der Waals surface area contributed by atoms with Crippen molar-refractivity contribution in [3.63, 3.8) is 0 Å². The molecule has 4 rings (SSSR count). The van der Waals surface area contributed by atoms with E-state index in [4.69, 9.17) is 5.73 Å². The van der Waals surface area contributed by atoms with E-state index >= 15 is 0 Å². The normalized spacial score (nSPS) is 11.7. The number of hydrogen-bond acceptors (Lipinski definition) is 6. The maximum Gasteiger partial charge on any atom is 0.257 e. The summed E-state index contributed by atoms with van der Waals surface area (Å²) in [4.78, 5) is 8.97. The minimum Gasteiger partial charge on any atom is -0.398 e. The lowest BCUT2D eigenvalue weighted by molar-refractivity contribution is 0.122. The Balaban J connectivity index is 1.57. The molecule has 0 unspecified atom stereocenters. The second kappa shape index (κ2) is 7.46. The zero-order valence-electron chi connectivity index (χ0n) is 15.9. The molecule has 0 aliphatic heterocycles.